The summed E-state index contributed by atoms with van der Waals surface area (Å²) in [6, 6.07) is 8.98. The van der Waals surface area contributed by atoms with Crippen molar-refractivity contribution in [2.45, 2.75) is 36.3 Å². The van der Waals surface area contributed by atoms with Crippen LogP contribution in [-0.2, 0) is 4.79 Å². The summed E-state index contributed by atoms with van der Waals surface area (Å²) in [6.45, 7) is 2.01. The molecule has 1 atom stereocenters. The number of hydrogen-bond donors (Lipinski definition) is 1. The van der Waals surface area contributed by atoms with E-state index >= 15 is 0 Å². The number of Topliss-reactive ketones (excluding diaryl/α,β-unsaturated/α-hetero) is 1. The number of hydrogen-bond acceptors (Lipinski definition) is 6. The van der Waals surface area contributed by atoms with Crippen molar-refractivity contribution in [3.05, 3.63) is 67.7 Å². The zero-order valence-electron chi connectivity index (χ0n) is 16.5. The molecule has 4 nitrogen and oxygen atoms in total. The first-order valence-corrected chi connectivity index (χ1v) is 12.3. The van der Waals surface area contributed by atoms with Gasteiger partial charge in [-0.1, -0.05) is 15.9 Å². The summed E-state index contributed by atoms with van der Waals surface area (Å²) in [5, 5.41) is 10.1. The molecule has 2 N–H and O–H groups in total. The molecule has 4 rings (SSSR count). The van der Waals surface area contributed by atoms with E-state index in [4.69, 9.17) is 5.73 Å². The van der Waals surface area contributed by atoms with Gasteiger partial charge in [0.25, 0.3) is 0 Å². The number of thiophene rings is 1. The van der Waals surface area contributed by atoms with Crippen LogP contribution < -0.4 is 10.6 Å². The fourth-order valence-electron chi connectivity index (χ4n) is 4.21. The summed E-state index contributed by atoms with van der Waals surface area (Å²) < 4.78 is 16.6. The second kappa shape index (κ2) is 8.22. The first kappa shape index (κ1) is 21.2. The zero-order valence-corrected chi connectivity index (χ0v) is 19.7. The highest BCUT2D eigenvalue weighted by molar-refractivity contribution is 9.10. The van der Waals surface area contributed by atoms with E-state index in [9.17, 15) is 14.4 Å². The Balaban J connectivity index is 2.01. The number of anilines is 1. The zero-order chi connectivity index (χ0) is 21.6. The van der Waals surface area contributed by atoms with E-state index in [1.165, 1.54) is 6.07 Å². The predicted molar refractivity (Wildman–Crippen MR) is 123 cm³/mol. The summed E-state index contributed by atoms with van der Waals surface area (Å²) in [4.78, 5) is 15.8. The highest BCUT2D eigenvalue weighted by Gasteiger charge is 2.42. The van der Waals surface area contributed by atoms with Crippen LogP contribution in [0.25, 0.3) is 0 Å². The van der Waals surface area contributed by atoms with Gasteiger partial charge < -0.3 is 5.73 Å². The van der Waals surface area contributed by atoms with Gasteiger partial charge >= 0.3 is 0 Å². The lowest BCUT2D eigenvalue weighted by atomic mass is 9.76. The quantitative estimate of drug-likeness (QED) is 0.521. The molecule has 0 saturated carbocycles. The van der Waals surface area contributed by atoms with Crippen LogP contribution >= 0.6 is 39.0 Å². The van der Waals surface area contributed by atoms with E-state index in [0.29, 0.717) is 40.6 Å². The van der Waals surface area contributed by atoms with Crippen LogP contribution in [0.4, 0.5) is 10.1 Å². The molecular formula is C22H19BrFN3OS2. The Morgan fingerprint density at radius 1 is 1.37 bits per heavy atom. The standard InChI is InChI=1S/C22H19BrFN3OS2/c1-11-8-13(22(29-2)30-11)19-14(10-25)21(26)27(16-7-6-12(23)9-15(16)24)17-4-3-5-18(28)20(17)19/h6-9,19H,3-5,26H2,1-2H3/t19-/m1/s1. The molecule has 0 bridgehead atoms. The van der Waals surface area contributed by atoms with Crippen molar-refractivity contribution in [3.63, 3.8) is 0 Å². The van der Waals surface area contributed by atoms with E-state index in [1.807, 2.05) is 19.2 Å². The number of nitriles is 1. The summed E-state index contributed by atoms with van der Waals surface area (Å²) >= 11 is 6.52. The molecule has 0 radical (unpaired) electrons. The summed E-state index contributed by atoms with van der Waals surface area (Å²) in [6.07, 6.45) is 3.68. The molecule has 2 aliphatic rings. The second-order valence-corrected chi connectivity index (χ2v) is 10.5. The number of benzene rings is 1. The van der Waals surface area contributed by atoms with E-state index in [-0.39, 0.29) is 17.3 Å². The smallest absolute Gasteiger partial charge is 0.161 e. The molecule has 2 heterocycles. The third-order valence-electron chi connectivity index (χ3n) is 5.41. The Kier molecular flexibility index (Phi) is 5.80. The highest BCUT2D eigenvalue weighted by atomic mass is 79.9. The van der Waals surface area contributed by atoms with Crippen molar-refractivity contribution in [1.82, 2.24) is 0 Å². The Morgan fingerprint density at radius 3 is 2.80 bits per heavy atom. The third kappa shape index (κ3) is 3.39. The van der Waals surface area contributed by atoms with Crippen LogP contribution in [0.15, 0.2) is 55.6 Å². The maximum atomic E-state index is 14.9. The van der Waals surface area contributed by atoms with Gasteiger partial charge in [0.2, 0.25) is 0 Å². The number of thioether (sulfide) groups is 1. The van der Waals surface area contributed by atoms with E-state index < -0.39 is 11.7 Å². The Morgan fingerprint density at radius 2 is 2.13 bits per heavy atom. The number of nitrogens with two attached hydrogens (primary N) is 1. The van der Waals surface area contributed by atoms with Crippen molar-refractivity contribution in [2.75, 3.05) is 11.2 Å². The van der Waals surface area contributed by atoms with Crippen molar-refractivity contribution in [2.24, 2.45) is 5.73 Å². The van der Waals surface area contributed by atoms with Gasteiger partial charge in [-0.25, -0.2) is 4.39 Å². The number of carbonyl (C=O) groups is 1. The number of nitrogens with zero attached hydrogens (tertiary/aromatic N) is 2. The molecule has 0 unspecified atom stereocenters. The van der Waals surface area contributed by atoms with Gasteiger partial charge in [-0.3, -0.25) is 9.69 Å². The van der Waals surface area contributed by atoms with Crippen molar-refractivity contribution >= 4 is 50.5 Å². The minimum absolute atomic E-state index is 0.0000686. The third-order valence-corrected chi connectivity index (χ3v) is 8.12. The maximum Gasteiger partial charge on any atom is 0.161 e. The molecule has 1 aromatic carbocycles. The predicted octanol–water partition coefficient (Wildman–Crippen LogP) is 5.98. The molecule has 0 fully saturated rings. The average molecular weight is 504 g/mol. The molecule has 0 spiro atoms. The highest BCUT2D eigenvalue weighted by Crippen LogP contribution is 2.49. The molecule has 2 aromatic rings. The van der Waals surface area contributed by atoms with Gasteiger partial charge in [0.1, 0.15) is 11.6 Å². The molecule has 1 aliphatic carbocycles. The lowest BCUT2D eigenvalue weighted by Crippen LogP contribution is -2.39. The minimum atomic E-state index is -0.514. The molecule has 8 heteroatoms. The van der Waals surface area contributed by atoms with Gasteiger partial charge in [0, 0.05) is 27.0 Å². The Hall–Kier alpha value is -2.08. The van der Waals surface area contributed by atoms with E-state index in [2.05, 4.69) is 22.0 Å². The number of allylic oxidation sites excluding steroid dienone is 3. The van der Waals surface area contributed by atoms with Crippen LogP contribution in [0, 0.1) is 24.1 Å². The largest absolute Gasteiger partial charge is 0.384 e. The molecule has 1 aromatic heterocycles. The second-order valence-electron chi connectivity index (χ2n) is 7.22. The van der Waals surface area contributed by atoms with Crippen molar-refractivity contribution in [1.29, 1.82) is 5.26 Å². The van der Waals surface area contributed by atoms with Crippen LogP contribution in [0.5, 0.6) is 0 Å². The number of rotatable bonds is 3. The average Bonchev–Trinajstić information content (AvgIpc) is 3.08. The van der Waals surface area contributed by atoms with E-state index in [0.717, 1.165) is 14.6 Å². The molecule has 154 valence electrons. The van der Waals surface area contributed by atoms with Crippen molar-refractivity contribution < 1.29 is 9.18 Å². The van der Waals surface area contributed by atoms with Gasteiger partial charge in [0.05, 0.1) is 27.5 Å². The first-order valence-electron chi connectivity index (χ1n) is 9.42. The summed E-state index contributed by atoms with van der Waals surface area (Å²) in [7, 11) is 0. The van der Waals surface area contributed by atoms with Crippen LogP contribution in [0.1, 0.15) is 35.6 Å². The topological polar surface area (TPSA) is 70.1 Å². The lowest BCUT2D eigenvalue weighted by molar-refractivity contribution is -0.116. The summed E-state index contributed by atoms with van der Waals surface area (Å²) in [5.74, 6) is -0.794. The monoisotopic (exact) mass is 503 g/mol. The number of carbonyl (C=O) groups excluding carboxylic acids is 1. The molecular weight excluding hydrogens is 485 g/mol. The number of halogens is 2. The van der Waals surface area contributed by atoms with Crippen LogP contribution in [0.2, 0.25) is 0 Å². The van der Waals surface area contributed by atoms with Gasteiger partial charge in [-0.05, 0) is 55.9 Å². The first-order chi connectivity index (χ1) is 14.4. The van der Waals surface area contributed by atoms with Crippen LogP contribution in [0.3, 0.4) is 0 Å². The molecule has 1 aliphatic heterocycles. The Bertz CT molecular complexity index is 1160. The van der Waals surface area contributed by atoms with Gasteiger partial charge in [-0.15, -0.1) is 23.1 Å². The number of ketones is 1. The van der Waals surface area contributed by atoms with Crippen molar-refractivity contribution in [3.8, 4) is 6.07 Å². The van der Waals surface area contributed by atoms with E-state index in [1.54, 1.807) is 40.1 Å². The fraction of sp³-hybridized carbons (Fsp3) is 0.273. The number of aryl methyl sites for hydroxylation is 1. The minimum Gasteiger partial charge on any atom is -0.384 e. The van der Waals surface area contributed by atoms with Gasteiger partial charge in [0.15, 0.2) is 5.78 Å². The maximum absolute atomic E-state index is 14.9. The summed E-state index contributed by atoms with van der Waals surface area (Å²) in [5.41, 5.74) is 9.25. The van der Waals surface area contributed by atoms with Gasteiger partial charge in [-0.2, -0.15) is 5.26 Å². The SMILES string of the molecule is CSc1sc(C)cc1[C@@H]1C(C#N)=C(N)N(c2ccc(Br)cc2F)C2=C1C(=O)CCC2. The molecule has 0 saturated heterocycles. The Labute approximate surface area is 191 Å². The fourth-order valence-corrected chi connectivity index (χ4v) is 6.45. The normalized spacial score (nSPS) is 19.2. The molecule has 30 heavy (non-hydrogen) atoms. The molecule has 0 amide bonds. The van der Waals surface area contributed by atoms with Crippen LogP contribution in [-0.4, -0.2) is 12.0 Å². The lowest BCUT2D eigenvalue weighted by Gasteiger charge is -2.39.